The van der Waals surface area contributed by atoms with Crippen LogP contribution in [0.1, 0.15) is 19.3 Å². The van der Waals surface area contributed by atoms with Crippen LogP contribution in [0.2, 0.25) is 0 Å². The molecular weight excluding hydrogens is 176 g/mol. The fraction of sp³-hybridized carbons (Fsp3) is 0.667. The maximum absolute atomic E-state index is 12.7. The van der Waals surface area contributed by atoms with E-state index in [2.05, 4.69) is 0 Å². The predicted molar refractivity (Wildman–Crippen MR) is 43.5 cm³/mol. The third kappa shape index (κ3) is 1.71. The zero-order valence-electron chi connectivity index (χ0n) is 7.22. The predicted octanol–water partition coefficient (Wildman–Crippen LogP) is 1.57. The van der Waals surface area contributed by atoms with Gasteiger partial charge in [0.05, 0.1) is 6.42 Å². The zero-order chi connectivity index (χ0) is 9.47. The second kappa shape index (κ2) is 2.79. The summed E-state index contributed by atoms with van der Waals surface area (Å²) in [5, 5.41) is 0. The minimum absolute atomic E-state index is 0.0848. The largest absolute Gasteiger partial charge is 0.374 e. The number of halogens is 2. The fourth-order valence-corrected chi connectivity index (χ4v) is 1.66. The summed E-state index contributed by atoms with van der Waals surface area (Å²) in [4.78, 5) is 12.5. The molecule has 1 fully saturated rings. The Labute approximate surface area is 75.2 Å². The minimum atomic E-state index is -2.50. The van der Waals surface area contributed by atoms with Crippen molar-refractivity contribution in [3.8, 4) is 0 Å². The van der Waals surface area contributed by atoms with Gasteiger partial charge in [0.1, 0.15) is 0 Å². The lowest BCUT2D eigenvalue weighted by molar-refractivity contribution is -0.116. The molecule has 13 heavy (non-hydrogen) atoms. The maximum atomic E-state index is 12.7. The number of likely N-dealkylation sites (tertiary alicyclic amines) is 1. The van der Waals surface area contributed by atoms with E-state index in [1.807, 2.05) is 4.90 Å². The summed E-state index contributed by atoms with van der Waals surface area (Å²) in [6.07, 6.45) is 1.81. The topological polar surface area (TPSA) is 20.3 Å². The molecule has 0 amide bonds. The van der Waals surface area contributed by atoms with E-state index in [0.29, 0.717) is 19.5 Å². The summed E-state index contributed by atoms with van der Waals surface area (Å²) in [7, 11) is 0. The normalized spacial score (nSPS) is 26.8. The Morgan fingerprint density at radius 1 is 1.31 bits per heavy atom. The number of alkyl halides is 2. The molecule has 72 valence electrons. The van der Waals surface area contributed by atoms with E-state index in [-0.39, 0.29) is 18.6 Å². The number of nitrogens with zero attached hydrogens (tertiary/aromatic N) is 1. The lowest BCUT2D eigenvalue weighted by Gasteiger charge is -2.36. The molecule has 0 spiro atoms. The maximum Gasteiger partial charge on any atom is 0.251 e. The van der Waals surface area contributed by atoms with E-state index in [9.17, 15) is 13.6 Å². The van der Waals surface area contributed by atoms with Gasteiger partial charge in [0.2, 0.25) is 0 Å². The fourth-order valence-electron chi connectivity index (χ4n) is 1.66. The van der Waals surface area contributed by atoms with E-state index < -0.39 is 5.92 Å². The molecule has 0 bridgehead atoms. The average molecular weight is 187 g/mol. The van der Waals surface area contributed by atoms with Crippen LogP contribution >= 0.6 is 0 Å². The van der Waals surface area contributed by atoms with Crippen molar-refractivity contribution in [3.63, 3.8) is 0 Å². The summed E-state index contributed by atoms with van der Waals surface area (Å²) >= 11 is 0. The Morgan fingerprint density at radius 2 is 1.85 bits per heavy atom. The van der Waals surface area contributed by atoms with Crippen LogP contribution in [0.15, 0.2) is 11.8 Å². The Bertz CT molecular complexity index is 263. The van der Waals surface area contributed by atoms with Crippen molar-refractivity contribution in [3.05, 3.63) is 11.8 Å². The van der Waals surface area contributed by atoms with Gasteiger partial charge in [0.15, 0.2) is 5.78 Å². The van der Waals surface area contributed by atoms with Gasteiger partial charge in [-0.3, -0.25) is 4.79 Å². The monoisotopic (exact) mass is 187 g/mol. The molecule has 1 aliphatic heterocycles. The Hall–Kier alpha value is -0.930. The van der Waals surface area contributed by atoms with Crippen molar-refractivity contribution in [1.29, 1.82) is 0 Å². The molecule has 0 aromatic rings. The third-order valence-corrected chi connectivity index (χ3v) is 2.58. The highest BCUT2D eigenvalue weighted by Gasteiger charge is 2.35. The van der Waals surface area contributed by atoms with Gasteiger partial charge < -0.3 is 4.90 Å². The third-order valence-electron chi connectivity index (χ3n) is 2.58. The van der Waals surface area contributed by atoms with Gasteiger partial charge >= 0.3 is 0 Å². The molecule has 0 atom stereocenters. The van der Waals surface area contributed by atoms with E-state index in [1.54, 1.807) is 6.08 Å². The number of hydrogen-bond donors (Lipinski definition) is 0. The number of ketones is 1. The van der Waals surface area contributed by atoms with Gasteiger partial charge in [0, 0.05) is 37.7 Å². The van der Waals surface area contributed by atoms with Gasteiger partial charge in [-0.1, -0.05) is 0 Å². The molecule has 0 saturated carbocycles. The highest BCUT2D eigenvalue weighted by Crippen LogP contribution is 2.31. The second-order valence-electron chi connectivity index (χ2n) is 3.62. The van der Waals surface area contributed by atoms with Crippen molar-refractivity contribution in [2.45, 2.75) is 25.2 Å². The van der Waals surface area contributed by atoms with Crippen molar-refractivity contribution in [2.24, 2.45) is 0 Å². The summed E-state index contributed by atoms with van der Waals surface area (Å²) < 4.78 is 25.5. The average Bonchev–Trinajstić information content (AvgIpc) is 2.00. The molecule has 0 aromatic carbocycles. The van der Waals surface area contributed by atoms with Gasteiger partial charge in [-0.05, 0) is 0 Å². The first-order valence-electron chi connectivity index (χ1n) is 4.43. The molecule has 0 N–H and O–H groups in total. The molecular formula is C9H11F2NO. The smallest absolute Gasteiger partial charge is 0.251 e. The van der Waals surface area contributed by atoms with Gasteiger partial charge in [-0.15, -0.1) is 0 Å². The molecule has 2 nitrogen and oxygen atoms in total. The number of rotatable bonds is 1. The quantitative estimate of drug-likeness (QED) is 0.621. The van der Waals surface area contributed by atoms with E-state index in [0.717, 1.165) is 5.70 Å². The molecule has 2 aliphatic rings. The molecule has 0 aromatic heterocycles. The van der Waals surface area contributed by atoms with E-state index >= 15 is 0 Å². The summed E-state index contributed by atoms with van der Waals surface area (Å²) in [6.45, 7) is 0.762. The number of carbonyl (C=O) groups excluding carboxylic acids is 1. The highest BCUT2D eigenvalue weighted by atomic mass is 19.3. The first-order chi connectivity index (χ1) is 6.07. The zero-order valence-corrected chi connectivity index (χ0v) is 7.22. The minimum Gasteiger partial charge on any atom is -0.374 e. The van der Waals surface area contributed by atoms with Crippen LogP contribution in [-0.2, 0) is 4.79 Å². The lowest BCUT2D eigenvalue weighted by atomic mass is 9.99. The molecule has 1 aliphatic carbocycles. The molecule has 4 heteroatoms. The number of hydrogen-bond acceptors (Lipinski definition) is 2. The van der Waals surface area contributed by atoms with Crippen LogP contribution in [0.3, 0.4) is 0 Å². The van der Waals surface area contributed by atoms with Crippen molar-refractivity contribution in [1.82, 2.24) is 4.90 Å². The Balaban J connectivity index is 1.92. The second-order valence-corrected chi connectivity index (χ2v) is 3.62. The number of piperidine rings is 1. The number of carbonyl (C=O) groups is 1. The standard InChI is InChI=1S/C9H11F2NO/c10-9(11)1-3-12(4-2-9)7-5-8(13)6-7/h5H,1-4,6H2. The van der Waals surface area contributed by atoms with Gasteiger partial charge in [0.25, 0.3) is 5.92 Å². The van der Waals surface area contributed by atoms with Crippen molar-refractivity contribution < 1.29 is 13.6 Å². The summed E-state index contributed by atoms with van der Waals surface area (Å²) in [5.41, 5.74) is 0.931. The van der Waals surface area contributed by atoms with Crippen LogP contribution in [0.4, 0.5) is 8.78 Å². The van der Waals surface area contributed by atoms with Crippen molar-refractivity contribution in [2.75, 3.05) is 13.1 Å². The van der Waals surface area contributed by atoms with E-state index in [4.69, 9.17) is 0 Å². The molecule has 2 rings (SSSR count). The summed E-state index contributed by atoms with van der Waals surface area (Å²) in [6, 6.07) is 0. The Kier molecular flexibility index (Phi) is 1.86. The Morgan fingerprint density at radius 3 is 2.31 bits per heavy atom. The van der Waals surface area contributed by atoms with Crippen LogP contribution < -0.4 is 0 Å². The van der Waals surface area contributed by atoms with Crippen LogP contribution in [0.5, 0.6) is 0 Å². The molecule has 0 radical (unpaired) electrons. The molecule has 0 unspecified atom stereocenters. The van der Waals surface area contributed by atoms with Crippen LogP contribution in [0, 0.1) is 0 Å². The molecule has 1 saturated heterocycles. The molecule has 1 heterocycles. The first-order valence-corrected chi connectivity index (χ1v) is 4.43. The highest BCUT2D eigenvalue weighted by molar-refractivity contribution is 5.98. The van der Waals surface area contributed by atoms with Gasteiger partial charge in [-0.25, -0.2) is 8.78 Å². The van der Waals surface area contributed by atoms with Crippen molar-refractivity contribution >= 4 is 5.78 Å². The van der Waals surface area contributed by atoms with Crippen LogP contribution in [0.25, 0.3) is 0 Å². The first kappa shape index (κ1) is 8.66. The van der Waals surface area contributed by atoms with Crippen LogP contribution in [-0.4, -0.2) is 29.7 Å². The SMILES string of the molecule is O=C1C=C(N2CCC(F)(F)CC2)C1. The summed E-state index contributed by atoms with van der Waals surface area (Å²) in [5.74, 6) is -2.39. The van der Waals surface area contributed by atoms with Gasteiger partial charge in [-0.2, -0.15) is 0 Å². The lowest BCUT2D eigenvalue weighted by Crippen LogP contribution is -2.40. The number of allylic oxidation sites excluding steroid dienone is 2. The van der Waals surface area contributed by atoms with E-state index in [1.165, 1.54) is 0 Å².